The van der Waals surface area contributed by atoms with Crippen molar-refractivity contribution in [2.24, 2.45) is 5.41 Å². The van der Waals surface area contributed by atoms with Gasteiger partial charge in [-0.2, -0.15) is 0 Å². The Hall–Kier alpha value is 0.0125. The van der Waals surface area contributed by atoms with Crippen molar-refractivity contribution >= 4 is 16.3 Å². The molecule has 60 valence electrons. The maximum Gasteiger partial charge on any atom is 0.253 e. The van der Waals surface area contributed by atoms with Gasteiger partial charge in [0.25, 0.3) is 16.3 Å². The van der Waals surface area contributed by atoms with E-state index in [1.165, 1.54) is 21.9 Å². The predicted octanol–water partition coefficient (Wildman–Crippen LogP) is 2.27. The highest BCUT2D eigenvalue weighted by Gasteiger charge is 2.30. The molecule has 1 aliphatic carbocycles. The van der Waals surface area contributed by atoms with Gasteiger partial charge in [-0.15, -0.1) is 4.44 Å². The average molecular weight is 164 g/mol. The van der Waals surface area contributed by atoms with Gasteiger partial charge in [-0.1, -0.05) is 25.0 Å². The zero-order valence-electron chi connectivity index (χ0n) is 8.50. The normalized spacial score (nSPS) is 23.4. The third-order valence-electron chi connectivity index (χ3n) is 3.56. The highest BCUT2D eigenvalue weighted by molar-refractivity contribution is 6.24. The summed E-state index contributed by atoms with van der Waals surface area (Å²) in [5.41, 5.74) is 5.03. The van der Waals surface area contributed by atoms with Gasteiger partial charge in [-0.25, -0.2) is 0 Å². The second-order valence-electron chi connectivity index (χ2n) is 4.12. The Kier molecular flexibility index (Phi) is 2.07. The van der Waals surface area contributed by atoms with E-state index in [-0.39, 0.29) is 0 Å². The number of rotatable bonds is 0. The fourth-order valence-corrected chi connectivity index (χ4v) is 2.53. The van der Waals surface area contributed by atoms with Gasteiger partial charge >= 0.3 is 0 Å². The van der Waals surface area contributed by atoms with Crippen LogP contribution in [0, 0.1) is 5.41 Å². The zero-order chi connectivity index (χ0) is 8.81. The third-order valence-corrected chi connectivity index (χ3v) is 5.56. The van der Waals surface area contributed by atoms with Crippen molar-refractivity contribution in [1.82, 2.24) is 0 Å². The van der Waals surface area contributed by atoms with Crippen LogP contribution in [0.3, 0.4) is 0 Å². The van der Waals surface area contributed by atoms with E-state index >= 15 is 0 Å². The molecule has 0 aromatic heterocycles. The highest BCUT2D eigenvalue weighted by atomic mass is 27.0. The molecule has 0 fully saturated rings. The van der Waals surface area contributed by atoms with Crippen LogP contribution < -0.4 is 0 Å². The predicted molar refractivity (Wildman–Crippen MR) is 53.4 cm³/mol. The quantitative estimate of drug-likeness (QED) is 0.482. The summed E-state index contributed by atoms with van der Waals surface area (Å²) in [6, 6.07) is 0. The zero-order valence-corrected chi connectivity index (χ0v) is 10.5. The van der Waals surface area contributed by atoms with Crippen LogP contribution in [0.4, 0.5) is 0 Å². The van der Waals surface area contributed by atoms with Crippen LogP contribution in [0.25, 0.3) is 0 Å². The fraction of sp³-hybridized carbons (Fsp3) is 0.600. The molecule has 0 aliphatic heterocycles. The van der Waals surface area contributed by atoms with Crippen molar-refractivity contribution < 1.29 is 0 Å². The molecule has 11 heavy (non-hydrogen) atoms. The minimum atomic E-state index is 0.375. The molecule has 1 aliphatic rings. The maximum atomic E-state index is 2.34. The molecule has 0 aromatic rings. The van der Waals surface area contributed by atoms with E-state index in [1.807, 2.05) is 0 Å². The van der Waals surface area contributed by atoms with E-state index in [2.05, 4.69) is 34.6 Å². The van der Waals surface area contributed by atoms with Crippen LogP contribution in [0.5, 0.6) is 0 Å². The smallest absolute Gasteiger partial charge is 0.129 e. The number of hydrogen-bond acceptors (Lipinski definition) is 0. The lowest BCUT2D eigenvalue weighted by molar-refractivity contribution is 0.574. The lowest BCUT2D eigenvalue weighted by atomic mass is 9.87. The van der Waals surface area contributed by atoms with E-state index < -0.39 is 0 Å². The molecule has 0 radical (unpaired) electrons. The first-order valence-electron chi connectivity index (χ1n) is 4.25. The monoisotopic (exact) mass is 164 g/mol. The molecule has 0 aromatic carbocycles. The Labute approximate surface area is 77.8 Å². The molecular formula is C10H17Al. The molecule has 0 saturated carbocycles. The first-order chi connectivity index (χ1) is 4.89. The first kappa shape index (κ1) is 9.10. The van der Waals surface area contributed by atoms with Crippen molar-refractivity contribution in [3.8, 4) is 0 Å². The molecular weight excluding hydrogens is 147 g/mol. The van der Waals surface area contributed by atoms with Gasteiger partial charge in [0.05, 0.1) is 0 Å². The first-order valence-corrected chi connectivity index (χ1v) is 5.25. The van der Waals surface area contributed by atoms with Crippen molar-refractivity contribution in [3.05, 3.63) is 21.2 Å². The largest absolute Gasteiger partial charge is 0.253 e. The summed E-state index contributed by atoms with van der Waals surface area (Å²) in [6.07, 6.45) is 0. The van der Waals surface area contributed by atoms with E-state index in [0.29, 0.717) is 5.41 Å². The van der Waals surface area contributed by atoms with E-state index in [0.717, 1.165) is 0 Å². The van der Waals surface area contributed by atoms with Gasteiger partial charge in [-0.3, -0.25) is 0 Å². The molecule has 0 spiro atoms. The molecule has 0 nitrogen and oxygen atoms in total. The molecule has 0 bridgehead atoms. The second-order valence-corrected chi connectivity index (χ2v) is 5.12. The summed E-state index contributed by atoms with van der Waals surface area (Å²) in [6.45, 7) is 11.5. The maximum absolute atomic E-state index is 2.34. The van der Waals surface area contributed by atoms with Gasteiger partial charge in [-0.05, 0) is 31.8 Å². The van der Waals surface area contributed by atoms with E-state index in [4.69, 9.17) is 0 Å². The van der Waals surface area contributed by atoms with Crippen LogP contribution in [0.2, 0.25) is 0 Å². The van der Waals surface area contributed by atoms with E-state index in [9.17, 15) is 0 Å². The van der Waals surface area contributed by atoms with Crippen molar-refractivity contribution in [2.75, 3.05) is 0 Å². The van der Waals surface area contributed by atoms with Crippen molar-refractivity contribution in [1.29, 1.82) is 0 Å². The van der Waals surface area contributed by atoms with Gasteiger partial charge < -0.3 is 0 Å². The topological polar surface area (TPSA) is 0 Å². The van der Waals surface area contributed by atoms with Gasteiger partial charge in [0.15, 0.2) is 0 Å². The SMILES string of the molecule is CC1=C(C)C(C)(C)[C]([AlH2])=C1C. The Balaban J connectivity index is 3.27. The molecule has 1 heteroatoms. The van der Waals surface area contributed by atoms with Gasteiger partial charge in [0.1, 0.15) is 0 Å². The third kappa shape index (κ3) is 1.11. The summed E-state index contributed by atoms with van der Waals surface area (Å²) in [5, 5.41) is 0. The molecule has 0 unspecified atom stereocenters. The van der Waals surface area contributed by atoms with Crippen molar-refractivity contribution in [3.63, 3.8) is 0 Å². The minimum Gasteiger partial charge on any atom is -0.129 e. The number of hydrogen-bond donors (Lipinski definition) is 0. The van der Waals surface area contributed by atoms with Crippen LogP contribution in [-0.2, 0) is 0 Å². The van der Waals surface area contributed by atoms with Crippen LogP contribution >= 0.6 is 0 Å². The van der Waals surface area contributed by atoms with E-state index in [1.54, 1.807) is 15.6 Å². The summed E-state index contributed by atoms with van der Waals surface area (Å²) in [4.78, 5) is 0. The Morgan fingerprint density at radius 2 is 1.45 bits per heavy atom. The molecule has 0 N–H and O–H groups in total. The van der Waals surface area contributed by atoms with Gasteiger partial charge in [0, 0.05) is 0 Å². The van der Waals surface area contributed by atoms with Crippen molar-refractivity contribution in [2.45, 2.75) is 34.6 Å². The number of allylic oxidation sites excluding steroid dienone is 4. The van der Waals surface area contributed by atoms with Gasteiger partial charge in [0.2, 0.25) is 0 Å². The standard InChI is InChI=1S/C10H15.Al.2H/c1-7-6-10(4,5)9(3)8(7)2;;;/h1-5H3;;;. The summed E-state index contributed by atoms with van der Waals surface area (Å²) in [5.74, 6) is 0. The lowest BCUT2D eigenvalue weighted by Gasteiger charge is -2.23. The van der Waals surface area contributed by atoms with Crippen LogP contribution in [0.15, 0.2) is 21.2 Å². The summed E-state index contributed by atoms with van der Waals surface area (Å²) in [7, 11) is 0. The lowest BCUT2D eigenvalue weighted by Crippen LogP contribution is -2.13. The molecule has 0 saturated heterocycles. The Morgan fingerprint density at radius 1 is 1.00 bits per heavy atom. The average Bonchev–Trinajstić information content (AvgIpc) is 2.06. The second kappa shape index (κ2) is 2.51. The fourth-order valence-electron chi connectivity index (χ4n) is 1.78. The van der Waals surface area contributed by atoms with Crippen LogP contribution in [-0.4, -0.2) is 16.3 Å². The van der Waals surface area contributed by atoms with Crippen LogP contribution in [0.1, 0.15) is 34.6 Å². The molecule has 0 amide bonds. The Bertz CT molecular complexity index is 228. The minimum absolute atomic E-state index is 0.375. The molecule has 0 heterocycles. The molecule has 1 rings (SSSR count). The highest BCUT2D eigenvalue weighted by Crippen LogP contribution is 2.44. The summed E-state index contributed by atoms with van der Waals surface area (Å²) >= 11 is 1.21. The molecule has 0 atom stereocenters. The Morgan fingerprint density at radius 3 is 1.55 bits per heavy atom. The summed E-state index contributed by atoms with van der Waals surface area (Å²) < 4.78 is 1.67.